The number of pyridine rings is 1. The standard InChI is InChI=1S/C15H24N4/c1-3-16-15(19-10-4-5-11-19)17-9-8-14-7-6-13(2)18-12-14/h6-7,12H,3-5,8-11H2,1-2H3,(H,16,17). The van der Waals surface area contributed by atoms with Gasteiger partial charge in [0.25, 0.3) is 0 Å². The normalized spacial score (nSPS) is 15.9. The SMILES string of the molecule is CCNC(=NCCc1ccc(C)nc1)N1CCCC1. The zero-order valence-electron chi connectivity index (χ0n) is 12.0. The summed E-state index contributed by atoms with van der Waals surface area (Å²) in [7, 11) is 0. The Morgan fingerprint density at radius 1 is 1.37 bits per heavy atom. The summed E-state index contributed by atoms with van der Waals surface area (Å²) in [5.74, 6) is 1.07. The van der Waals surface area contributed by atoms with E-state index in [0.29, 0.717) is 0 Å². The highest BCUT2D eigenvalue weighted by atomic mass is 15.3. The molecule has 0 radical (unpaired) electrons. The van der Waals surface area contributed by atoms with Crippen molar-refractivity contribution in [1.29, 1.82) is 0 Å². The van der Waals surface area contributed by atoms with Gasteiger partial charge in [-0.3, -0.25) is 9.98 Å². The molecular weight excluding hydrogens is 236 g/mol. The molecule has 4 heteroatoms. The van der Waals surface area contributed by atoms with Crippen LogP contribution in [0.25, 0.3) is 0 Å². The van der Waals surface area contributed by atoms with Crippen molar-refractivity contribution in [2.24, 2.45) is 4.99 Å². The lowest BCUT2D eigenvalue weighted by Gasteiger charge is -2.20. The van der Waals surface area contributed by atoms with Gasteiger partial charge in [-0.15, -0.1) is 0 Å². The van der Waals surface area contributed by atoms with E-state index in [1.165, 1.54) is 18.4 Å². The van der Waals surface area contributed by atoms with Gasteiger partial charge in [0.1, 0.15) is 0 Å². The predicted molar refractivity (Wildman–Crippen MR) is 79.5 cm³/mol. The quantitative estimate of drug-likeness (QED) is 0.665. The number of hydrogen-bond acceptors (Lipinski definition) is 2. The van der Waals surface area contributed by atoms with E-state index in [0.717, 1.165) is 44.3 Å². The lowest BCUT2D eigenvalue weighted by atomic mass is 10.2. The van der Waals surface area contributed by atoms with Crippen LogP contribution in [0.15, 0.2) is 23.3 Å². The van der Waals surface area contributed by atoms with Gasteiger partial charge < -0.3 is 10.2 Å². The highest BCUT2D eigenvalue weighted by molar-refractivity contribution is 5.80. The minimum atomic E-state index is 0.823. The van der Waals surface area contributed by atoms with Crippen LogP contribution in [0, 0.1) is 6.92 Å². The second-order valence-corrected chi connectivity index (χ2v) is 4.99. The van der Waals surface area contributed by atoms with Crippen molar-refractivity contribution in [2.75, 3.05) is 26.2 Å². The Morgan fingerprint density at radius 2 is 2.16 bits per heavy atom. The topological polar surface area (TPSA) is 40.5 Å². The number of nitrogens with one attached hydrogen (secondary N) is 1. The molecule has 0 spiro atoms. The Hall–Kier alpha value is -1.58. The van der Waals surface area contributed by atoms with Crippen LogP contribution in [-0.2, 0) is 6.42 Å². The van der Waals surface area contributed by atoms with Crippen LogP contribution >= 0.6 is 0 Å². The zero-order chi connectivity index (χ0) is 13.5. The Bertz CT molecular complexity index is 405. The predicted octanol–water partition coefficient (Wildman–Crippen LogP) is 1.99. The molecule has 0 aliphatic carbocycles. The van der Waals surface area contributed by atoms with Gasteiger partial charge in [-0.25, -0.2) is 0 Å². The average molecular weight is 260 g/mol. The number of guanidine groups is 1. The number of aromatic nitrogens is 1. The maximum atomic E-state index is 4.72. The van der Waals surface area contributed by atoms with E-state index in [2.05, 4.69) is 34.3 Å². The Morgan fingerprint density at radius 3 is 2.79 bits per heavy atom. The number of likely N-dealkylation sites (tertiary alicyclic amines) is 1. The smallest absolute Gasteiger partial charge is 0.193 e. The first-order chi connectivity index (χ1) is 9.29. The molecule has 1 saturated heterocycles. The summed E-state index contributed by atoms with van der Waals surface area (Å²) >= 11 is 0. The van der Waals surface area contributed by atoms with Gasteiger partial charge in [-0.05, 0) is 44.7 Å². The molecule has 2 rings (SSSR count). The Kier molecular flexibility index (Phi) is 5.19. The van der Waals surface area contributed by atoms with Crippen LogP contribution < -0.4 is 5.32 Å². The summed E-state index contributed by atoms with van der Waals surface area (Å²) < 4.78 is 0. The number of aryl methyl sites for hydroxylation is 1. The van der Waals surface area contributed by atoms with Gasteiger partial charge in [0.15, 0.2) is 5.96 Å². The molecule has 1 fully saturated rings. The van der Waals surface area contributed by atoms with Gasteiger partial charge in [-0.1, -0.05) is 6.07 Å². The molecular formula is C15H24N4. The Balaban J connectivity index is 1.88. The first-order valence-electron chi connectivity index (χ1n) is 7.24. The molecule has 104 valence electrons. The first kappa shape index (κ1) is 13.8. The summed E-state index contributed by atoms with van der Waals surface area (Å²) in [4.78, 5) is 11.4. The summed E-state index contributed by atoms with van der Waals surface area (Å²) in [6.45, 7) is 8.16. The van der Waals surface area contributed by atoms with Gasteiger partial charge >= 0.3 is 0 Å². The number of aliphatic imine (C=N–C) groups is 1. The zero-order valence-corrected chi connectivity index (χ0v) is 12.0. The number of nitrogens with zero attached hydrogens (tertiary/aromatic N) is 3. The molecule has 2 heterocycles. The average Bonchev–Trinajstić information content (AvgIpc) is 2.94. The molecule has 1 aromatic heterocycles. The van der Waals surface area contributed by atoms with Gasteiger partial charge in [0.05, 0.1) is 0 Å². The summed E-state index contributed by atoms with van der Waals surface area (Å²) in [5.41, 5.74) is 2.32. The number of rotatable bonds is 4. The third kappa shape index (κ3) is 4.23. The van der Waals surface area contributed by atoms with E-state index in [-0.39, 0.29) is 0 Å². The highest BCUT2D eigenvalue weighted by Crippen LogP contribution is 2.07. The second kappa shape index (κ2) is 7.12. The molecule has 0 amide bonds. The van der Waals surface area contributed by atoms with Crippen LogP contribution in [0.1, 0.15) is 31.0 Å². The van der Waals surface area contributed by atoms with E-state index in [9.17, 15) is 0 Å². The minimum absolute atomic E-state index is 0.823. The molecule has 1 aliphatic heterocycles. The van der Waals surface area contributed by atoms with Gasteiger partial charge in [-0.2, -0.15) is 0 Å². The van der Waals surface area contributed by atoms with Crippen LogP contribution in [0.5, 0.6) is 0 Å². The molecule has 1 aromatic rings. The monoisotopic (exact) mass is 260 g/mol. The fourth-order valence-corrected chi connectivity index (χ4v) is 2.29. The van der Waals surface area contributed by atoms with E-state index in [4.69, 9.17) is 4.99 Å². The lowest BCUT2D eigenvalue weighted by Crippen LogP contribution is -2.39. The first-order valence-corrected chi connectivity index (χ1v) is 7.24. The van der Waals surface area contributed by atoms with Crippen molar-refractivity contribution >= 4 is 5.96 Å². The molecule has 0 bridgehead atoms. The molecule has 4 nitrogen and oxygen atoms in total. The number of hydrogen-bond donors (Lipinski definition) is 1. The van der Waals surface area contributed by atoms with Gasteiger partial charge in [0.2, 0.25) is 0 Å². The molecule has 0 unspecified atom stereocenters. The van der Waals surface area contributed by atoms with Crippen LogP contribution in [-0.4, -0.2) is 42.0 Å². The molecule has 19 heavy (non-hydrogen) atoms. The van der Waals surface area contributed by atoms with Crippen molar-refractivity contribution < 1.29 is 0 Å². The van der Waals surface area contributed by atoms with Crippen molar-refractivity contribution in [3.05, 3.63) is 29.6 Å². The maximum Gasteiger partial charge on any atom is 0.193 e. The van der Waals surface area contributed by atoms with E-state index in [1.807, 2.05) is 13.1 Å². The van der Waals surface area contributed by atoms with Crippen LogP contribution in [0.3, 0.4) is 0 Å². The van der Waals surface area contributed by atoms with E-state index >= 15 is 0 Å². The largest absolute Gasteiger partial charge is 0.357 e. The van der Waals surface area contributed by atoms with Crippen molar-refractivity contribution in [3.8, 4) is 0 Å². The lowest BCUT2D eigenvalue weighted by molar-refractivity contribution is 0.494. The van der Waals surface area contributed by atoms with Crippen molar-refractivity contribution in [3.63, 3.8) is 0 Å². The summed E-state index contributed by atoms with van der Waals surface area (Å²) in [6.07, 6.45) is 5.47. The maximum absolute atomic E-state index is 4.72. The van der Waals surface area contributed by atoms with Crippen LogP contribution in [0.4, 0.5) is 0 Å². The molecule has 0 saturated carbocycles. The van der Waals surface area contributed by atoms with Crippen molar-refractivity contribution in [2.45, 2.75) is 33.1 Å². The molecule has 1 aliphatic rings. The summed E-state index contributed by atoms with van der Waals surface area (Å²) in [6, 6.07) is 4.20. The highest BCUT2D eigenvalue weighted by Gasteiger charge is 2.14. The summed E-state index contributed by atoms with van der Waals surface area (Å²) in [5, 5.41) is 3.38. The molecule has 0 atom stereocenters. The molecule has 1 N–H and O–H groups in total. The minimum Gasteiger partial charge on any atom is -0.357 e. The fourth-order valence-electron chi connectivity index (χ4n) is 2.29. The second-order valence-electron chi connectivity index (χ2n) is 4.99. The Labute approximate surface area is 115 Å². The third-order valence-electron chi connectivity index (χ3n) is 3.38. The van der Waals surface area contributed by atoms with E-state index < -0.39 is 0 Å². The van der Waals surface area contributed by atoms with Crippen LogP contribution in [0.2, 0.25) is 0 Å². The van der Waals surface area contributed by atoms with Gasteiger partial charge in [0, 0.05) is 38.1 Å². The fraction of sp³-hybridized carbons (Fsp3) is 0.600. The molecule has 0 aromatic carbocycles. The van der Waals surface area contributed by atoms with E-state index in [1.54, 1.807) is 0 Å². The third-order valence-corrected chi connectivity index (χ3v) is 3.38. The van der Waals surface area contributed by atoms with Crippen molar-refractivity contribution in [1.82, 2.24) is 15.2 Å².